The molecule has 0 spiro atoms. The molecule has 0 saturated carbocycles. The second-order valence-corrected chi connectivity index (χ2v) is 11.2. The summed E-state index contributed by atoms with van der Waals surface area (Å²) in [6, 6.07) is 22.7. The Hall–Kier alpha value is -3.04. The molecule has 0 saturated heterocycles. The molecule has 4 aromatic rings. The van der Waals surface area contributed by atoms with E-state index in [4.69, 9.17) is 0 Å². The molecule has 34 heavy (non-hydrogen) atoms. The predicted octanol–water partition coefficient (Wildman–Crippen LogP) is 8.27. The number of phenols is 2. The Morgan fingerprint density at radius 2 is 1.35 bits per heavy atom. The number of rotatable bonds is 6. The summed E-state index contributed by atoms with van der Waals surface area (Å²) in [6.07, 6.45) is 0. The first-order valence-corrected chi connectivity index (χ1v) is 12.7. The van der Waals surface area contributed by atoms with Crippen molar-refractivity contribution in [1.29, 1.82) is 0 Å². The number of benzene rings is 3. The van der Waals surface area contributed by atoms with Crippen molar-refractivity contribution in [2.24, 2.45) is 0 Å². The molecule has 0 aliphatic carbocycles. The zero-order valence-corrected chi connectivity index (χ0v) is 21.7. The minimum atomic E-state index is -0.247. The zero-order valence-electron chi connectivity index (χ0n) is 20.9. The van der Waals surface area contributed by atoms with E-state index in [1.807, 2.05) is 19.1 Å². The van der Waals surface area contributed by atoms with Gasteiger partial charge >= 0.3 is 0 Å². The van der Waals surface area contributed by atoms with E-state index in [9.17, 15) is 10.2 Å². The first-order chi connectivity index (χ1) is 16.0. The molecular formula is C31H34O2S. The van der Waals surface area contributed by atoms with E-state index in [0.717, 1.165) is 16.7 Å². The Labute approximate surface area is 207 Å². The highest BCUT2D eigenvalue weighted by atomic mass is 32.1. The van der Waals surface area contributed by atoms with Crippen molar-refractivity contribution in [3.8, 4) is 11.5 Å². The largest absolute Gasteiger partial charge is 0.508 e. The van der Waals surface area contributed by atoms with Crippen LogP contribution in [0.4, 0.5) is 0 Å². The molecule has 1 atom stereocenters. The predicted molar refractivity (Wildman–Crippen MR) is 143 cm³/mol. The topological polar surface area (TPSA) is 40.5 Å². The van der Waals surface area contributed by atoms with Crippen LogP contribution in [0.15, 0.2) is 77.5 Å². The Bertz CT molecular complexity index is 1280. The molecule has 176 valence electrons. The highest BCUT2D eigenvalue weighted by molar-refractivity contribution is 7.08. The molecular weight excluding hydrogens is 436 g/mol. The summed E-state index contributed by atoms with van der Waals surface area (Å²) in [5, 5.41) is 24.9. The Balaban J connectivity index is 1.76. The molecule has 3 aromatic carbocycles. The van der Waals surface area contributed by atoms with Gasteiger partial charge in [-0.2, -0.15) is 11.3 Å². The van der Waals surface area contributed by atoms with Crippen LogP contribution >= 0.6 is 11.3 Å². The molecule has 2 nitrogen and oxygen atoms in total. The van der Waals surface area contributed by atoms with Gasteiger partial charge in [-0.15, -0.1) is 0 Å². The smallest absolute Gasteiger partial charge is 0.122 e. The highest BCUT2D eigenvalue weighted by Crippen LogP contribution is 2.41. The molecule has 0 bridgehead atoms. The zero-order chi connectivity index (χ0) is 24.7. The molecule has 2 N–H and O–H groups in total. The van der Waals surface area contributed by atoms with Crippen LogP contribution in [0.3, 0.4) is 0 Å². The van der Waals surface area contributed by atoms with E-state index >= 15 is 0 Å². The van der Waals surface area contributed by atoms with Crippen molar-refractivity contribution in [2.45, 2.75) is 58.3 Å². The van der Waals surface area contributed by atoms with Crippen LogP contribution in [-0.2, 0) is 10.8 Å². The highest BCUT2D eigenvalue weighted by Gasteiger charge is 2.29. The van der Waals surface area contributed by atoms with Gasteiger partial charge in [0, 0.05) is 22.3 Å². The molecule has 1 unspecified atom stereocenters. The fraction of sp³-hybridized carbons (Fsp3) is 0.290. The van der Waals surface area contributed by atoms with Gasteiger partial charge < -0.3 is 10.2 Å². The van der Waals surface area contributed by atoms with Crippen molar-refractivity contribution in [1.82, 2.24) is 0 Å². The molecule has 4 rings (SSSR count). The summed E-state index contributed by atoms with van der Waals surface area (Å²) in [6.45, 7) is 13.1. The number of aromatic hydroxyl groups is 2. The van der Waals surface area contributed by atoms with Crippen molar-refractivity contribution < 1.29 is 10.2 Å². The molecule has 1 aromatic heterocycles. The van der Waals surface area contributed by atoms with Gasteiger partial charge in [0.15, 0.2) is 0 Å². The van der Waals surface area contributed by atoms with Crippen LogP contribution in [0, 0.1) is 6.92 Å². The normalized spacial score (nSPS) is 13.1. The van der Waals surface area contributed by atoms with Gasteiger partial charge in [-0.1, -0.05) is 83.1 Å². The molecule has 0 fully saturated rings. The number of hydrogen-bond donors (Lipinski definition) is 2. The van der Waals surface area contributed by atoms with Crippen LogP contribution in [-0.4, -0.2) is 10.2 Å². The Morgan fingerprint density at radius 3 is 1.94 bits per heavy atom. The maximum absolute atomic E-state index is 10.9. The van der Waals surface area contributed by atoms with Crippen LogP contribution in [0.25, 0.3) is 0 Å². The second kappa shape index (κ2) is 8.96. The molecule has 3 heteroatoms. The van der Waals surface area contributed by atoms with Gasteiger partial charge in [-0.3, -0.25) is 0 Å². The third-order valence-electron chi connectivity index (χ3n) is 7.46. The van der Waals surface area contributed by atoms with Crippen LogP contribution in [0.5, 0.6) is 11.5 Å². The number of phenolic OH excluding ortho intramolecular Hbond substituents is 2. The fourth-order valence-electron chi connectivity index (χ4n) is 4.71. The molecule has 0 aliphatic rings. The second-order valence-electron chi connectivity index (χ2n) is 10.4. The van der Waals surface area contributed by atoms with E-state index < -0.39 is 0 Å². The molecule has 0 amide bonds. The van der Waals surface area contributed by atoms with Crippen LogP contribution in [0.1, 0.15) is 79.5 Å². The summed E-state index contributed by atoms with van der Waals surface area (Å²) < 4.78 is 0. The van der Waals surface area contributed by atoms with E-state index in [-0.39, 0.29) is 22.5 Å². The minimum Gasteiger partial charge on any atom is -0.508 e. The third-order valence-corrected chi connectivity index (χ3v) is 8.16. The maximum atomic E-state index is 10.9. The fourth-order valence-corrected chi connectivity index (χ4v) is 5.46. The van der Waals surface area contributed by atoms with Crippen molar-refractivity contribution >= 4 is 11.3 Å². The van der Waals surface area contributed by atoms with Gasteiger partial charge in [-0.05, 0) is 69.3 Å². The summed E-state index contributed by atoms with van der Waals surface area (Å²) >= 11 is 1.69. The molecule has 0 radical (unpaired) electrons. The van der Waals surface area contributed by atoms with Crippen LogP contribution in [0.2, 0.25) is 0 Å². The lowest BCUT2D eigenvalue weighted by Gasteiger charge is -2.31. The van der Waals surface area contributed by atoms with Gasteiger partial charge in [0.25, 0.3) is 0 Å². The maximum Gasteiger partial charge on any atom is 0.122 e. The number of hydrogen-bond acceptors (Lipinski definition) is 3. The Kier molecular flexibility index (Phi) is 6.35. The first-order valence-electron chi connectivity index (χ1n) is 11.8. The lowest BCUT2D eigenvalue weighted by Crippen LogP contribution is -2.23. The quantitative estimate of drug-likeness (QED) is 0.298. The summed E-state index contributed by atoms with van der Waals surface area (Å²) in [7, 11) is 0. The standard InChI is InChI=1S/C31H34O2S/c1-20-16-26(18-28(29(20)33)21(2)22-14-15-34-19-22)31(5,6)25-9-7-8-24(17-25)30(3,4)23-10-12-27(32)13-11-23/h7-19,21,32-33H,1-6H3. The van der Waals surface area contributed by atoms with E-state index in [2.05, 4.69) is 87.8 Å². The van der Waals surface area contributed by atoms with Crippen molar-refractivity contribution in [3.05, 3.63) is 116 Å². The van der Waals surface area contributed by atoms with E-state index in [0.29, 0.717) is 5.75 Å². The average Bonchev–Trinajstić information content (AvgIpc) is 3.35. The lowest BCUT2D eigenvalue weighted by molar-refractivity contribution is 0.460. The third kappa shape index (κ3) is 4.37. The van der Waals surface area contributed by atoms with Crippen molar-refractivity contribution in [2.75, 3.05) is 0 Å². The number of aryl methyl sites for hydroxylation is 1. The van der Waals surface area contributed by atoms with E-state index in [1.165, 1.54) is 22.3 Å². The van der Waals surface area contributed by atoms with Crippen LogP contribution < -0.4 is 0 Å². The summed E-state index contributed by atoms with van der Waals surface area (Å²) in [5.41, 5.74) is 7.47. The first kappa shape index (κ1) is 24.1. The van der Waals surface area contributed by atoms with Gasteiger partial charge in [0.2, 0.25) is 0 Å². The monoisotopic (exact) mass is 470 g/mol. The molecule has 1 heterocycles. The van der Waals surface area contributed by atoms with Gasteiger partial charge in [0.1, 0.15) is 11.5 Å². The SMILES string of the molecule is Cc1cc(C(C)(C)c2cccc(C(C)(C)c3ccc(O)cc3)c2)cc(C(C)c2ccsc2)c1O. The minimum absolute atomic E-state index is 0.125. The van der Waals surface area contributed by atoms with Crippen molar-refractivity contribution in [3.63, 3.8) is 0 Å². The number of thiophene rings is 1. The summed E-state index contributed by atoms with van der Waals surface area (Å²) in [4.78, 5) is 0. The average molecular weight is 471 g/mol. The summed E-state index contributed by atoms with van der Waals surface area (Å²) in [5.74, 6) is 0.797. The van der Waals surface area contributed by atoms with E-state index in [1.54, 1.807) is 23.5 Å². The van der Waals surface area contributed by atoms with Gasteiger partial charge in [-0.25, -0.2) is 0 Å². The molecule has 0 aliphatic heterocycles. The Morgan fingerprint density at radius 1 is 0.735 bits per heavy atom. The van der Waals surface area contributed by atoms with Gasteiger partial charge in [0.05, 0.1) is 0 Å². The lowest BCUT2D eigenvalue weighted by atomic mass is 9.72.